The van der Waals surface area contributed by atoms with Gasteiger partial charge in [-0.05, 0) is 43.8 Å². The second kappa shape index (κ2) is 21.1. The Labute approximate surface area is 293 Å². The van der Waals surface area contributed by atoms with Gasteiger partial charge in [0.25, 0.3) is 0 Å². The number of nitrogens with zero attached hydrogens (tertiary/aromatic N) is 4. The fraction of sp³-hybridized carbons (Fsp3) is 0.615. The van der Waals surface area contributed by atoms with Crippen LogP contribution in [0.3, 0.4) is 0 Å². The van der Waals surface area contributed by atoms with Gasteiger partial charge >= 0.3 is 12.1 Å². The van der Waals surface area contributed by atoms with Crippen molar-refractivity contribution in [2.75, 3.05) is 51.3 Å². The number of fused-ring (bicyclic) bond motifs is 2. The normalized spacial score (nSPS) is 14.6. The number of carbonyl (C=O) groups excluding carboxylic acids is 2. The first kappa shape index (κ1) is 37.7. The van der Waals surface area contributed by atoms with Crippen LogP contribution < -0.4 is 4.90 Å². The third kappa shape index (κ3) is 12.1. The Bertz CT molecular complexity index is 1310. The Morgan fingerprint density at radius 2 is 1.31 bits per heavy atom. The first-order chi connectivity index (χ1) is 23.5. The number of esters is 1. The lowest BCUT2D eigenvalue weighted by atomic mass is 10.0. The van der Waals surface area contributed by atoms with Gasteiger partial charge in [-0.2, -0.15) is 0 Å². The van der Waals surface area contributed by atoms with Crippen molar-refractivity contribution in [2.24, 2.45) is 4.99 Å². The summed E-state index contributed by atoms with van der Waals surface area (Å²) >= 11 is 6.39. The van der Waals surface area contributed by atoms with Gasteiger partial charge in [-0.1, -0.05) is 121 Å². The summed E-state index contributed by atoms with van der Waals surface area (Å²) in [6, 6.07) is 13.1. The molecule has 2 aromatic rings. The van der Waals surface area contributed by atoms with Crippen molar-refractivity contribution in [3.63, 3.8) is 0 Å². The largest absolute Gasteiger partial charge is 0.462 e. The number of amidine groups is 1. The Hall–Kier alpha value is -3.10. The second-order valence-electron chi connectivity index (χ2n) is 13.2. The molecule has 2 aliphatic heterocycles. The first-order valence-corrected chi connectivity index (χ1v) is 18.9. The summed E-state index contributed by atoms with van der Waals surface area (Å²) in [7, 11) is 2.12. The summed E-state index contributed by atoms with van der Waals surface area (Å²) in [5, 5.41) is 0.537. The molecule has 2 heterocycles. The summed E-state index contributed by atoms with van der Waals surface area (Å²) in [4.78, 5) is 37.1. The quantitative estimate of drug-likeness (QED) is 0.109. The molecule has 0 N–H and O–H groups in total. The minimum atomic E-state index is -0.556. The maximum absolute atomic E-state index is 13.6. The highest BCUT2D eigenvalue weighted by atomic mass is 35.5. The number of para-hydroxylation sites is 1. The molecule has 4 rings (SSSR count). The van der Waals surface area contributed by atoms with E-state index in [2.05, 4.69) is 23.8 Å². The number of amides is 1. The van der Waals surface area contributed by atoms with Gasteiger partial charge in [0.05, 0.1) is 17.1 Å². The second-order valence-corrected chi connectivity index (χ2v) is 13.7. The van der Waals surface area contributed by atoms with Gasteiger partial charge < -0.3 is 19.3 Å². The van der Waals surface area contributed by atoms with E-state index in [-0.39, 0.29) is 19.2 Å². The maximum Gasteiger partial charge on any atom is 0.419 e. The molecule has 0 radical (unpaired) electrons. The van der Waals surface area contributed by atoms with Gasteiger partial charge in [-0.25, -0.2) is 14.7 Å². The maximum atomic E-state index is 13.6. The van der Waals surface area contributed by atoms with E-state index in [4.69, 9.17) is 26.1 Å². The van der Waals surface area contributed by atoms with Crippen LogP contribution in [0.15, 0.2) is 47.5 Å². The molecule has 1 saturated heterocycles. The molecule has 264 valence electrons. The van der Waals surface area contributed by atoms with E-state index in [0.717, 1.165) is 56.8 Å². The number of ether oxygens (including phenoxy) is 2. The molecule has 48 heavy (non-hydrogen) atoms. The number of hydrogen-bond acceptors (Lipinski definition) is 7. The topological polar surface area (TPSA) is 74.7 Å². The molecule has 2 aromatic carbocycles. The number of benzene rings is 2. The van der Waals surface area contributed by atoms with Gasteiger partial charge in [-0.3, -0.25) is 4.79 Å². The van der Waals surface area contributed by atoms with Crippen molar-refractivity contribution in [3.05, 3.63) is 53.1 Å². The van der Waals surface area contributed by atoms with Crippen molar-refractivity contribution in [2.45, 2.75) is 110 Å². The van der Waals surface area contributed by atoms with Gasteiger partial charge in [0.15, 0.2) is 0 Å². The van der Waals surface area contributed by atoms with Crippen LogP contribution in [0.1, 0.15) is 115 Å². The van der Waals surface area contributed by atoms with Crippen LogP contribution in [-0.4, -0.2) is 74.1 Å². The van der Waals surface area contributed by atoms with Gasteiger partial charge in [0, 0.05) is 43.2 Å². The van der Waals surface area contributed by atoms with Crippen molar-refractivity contribution in [1.82, 2.24) is 9.80 Å². The molecule has 9 heteroatoms. The smallest absolute Gasteiger partial charge is 0.419 e. The van der Waals surface area contributed by atoms with E-state index >= 15 is 0 Å². The summed E-state index contributed by atoms with van der Waals surface area (Å²) in [5.74, 6) is 0.566. The molecule has 0 unspecified atom stereocenters. The molecule has 0 atom stereocenters. The van der Waals surface area contributed by atoms with E-state index in [1.165, 1.54) is 77.0 Å². The molecule has 1 amide bonds. The van der Waals surface area contributed by atoms with E-state index in [1.807, 2.05) is 24.3 Å². The third-order valence-electron chi connectivity index (χ3n) is 9.33. The van der Waals surface area contributed by atoms with Crippen LogP contribution in [-0.2, 0) is 14.3 Å². The number of hydrogen-bond donors (Lipinski definition) is 0. The monoisotopic (exact) mass is 680 g/mol. The lowest BCUT2D eigenvalue weighted by molar-refractivity contribution is -0.144. The molecule has 2 aliphatic rings. The zero-order chi connectivity index (χ0) is 34.0. The summed E-state index contributed by atoms with van der Waals surface area (Å²) < 4.78 is 11.1. The highest BCUT2D eigenvalue weighted by Gasteiger charge is 2.31. The van der Waals surface area contributed by atoms with E-state index < -0.39 is 6.09 Å². The SMILES string of the molecule is CCCCCCCCCCCCCCCCCC(=O)OCCOC(=O)N1c2ccc(Cl)cc2N=C(N2CCN(C)CC2)c2ccccc21. The van der Waals surface area contributed by atoms with E-state index in [9.17, 15) is 9.59 Å². The molecule has 0 spiro atoms. The average molecular weight is 681 g/mol. The van der Waals surface area contributed by atoms with Crippen LogP contribution >= 0.6 is 11.6 Å². The fourth-order valence-electron chi connectivity index (χ4n) is 6.45. The van der Waals surface area contributed by atoms with Gasteiger partial charge in [0.2, 0.25) is 0 Å². The number of unbranched alkanes of at least 4 members (excludes halogenated alkanes) is 14. The Morgan fingerprint density at radius 3 is 1.96 bits per heavy atom. The number of likely N-dealkylation sites (N-methyl/N-ethyl adjacent to an activating group) is 1. The number of rotatable bonds is 19. The lowest BCUT2D eigenvalue weighted by Gasteiger charge is -2.35. The van der Waals surface area contributed by atoms with Crippen LogP contribution in [0.2, 0.25) is 5.02 Å². The van der Waals surface area contributed by atoms with Crippen LogP contribution in [0.4, 0.5) is 21.9 Å². The zero-order valence-electron chi connectivity index (χ0n) is 29.4. The number of halogens is 1. The first-order valence-electron chi connectivity index (χ1n) is 18.5. The molecule has 0 bridgehead atoms. The van der Waals surface area contributed by atoms with Crippen molar-refractivity contribution < 1.29 is 19.1 Å². The summed E-state index contributed by atoms with van der Waals surface area (Å²) in [6.07, 6.45) is 19.1. The van der Waals surface area contributed by atoms with E-state index in [1.54, 1.807) is 23.1 Å². The van der Waals surface area contributed by atoms with Crippen molar-refractivity contribution >= 4 is 46.6 Å². The Kier molecular flexibility index (Phi) is 16.6. The van der Waals surface area contributed by atoms with Gasteiger partial charge in [-0.15, -0.1) is 0 Å². The number of carbonyl (C=O) groups is 2. The number of piperazine rings is 1. The van der Waals surface area contributed by atoms with Crippen molar-refractivity contribution in [1.29, 1.82) is 0 Å². The molecule has 0 saturated carbocycles. The molecule has 1 fully saturated rings. The minimum absolute atomic E-state index is 0.0231. The van der Waals surface area contributed by atoms with Gasteiger partial charge in [0.1, 0.15) is 19.0 Å². The summed E-state index contributed by atoms with van der Waals surface area (Å²) in [6.45, 7) is 5.77. The third-order valence-corrected chi connectivity index (χ3v) is 9.57. The predicted molar refractivity (Wildman–Crippen MR) is 197 cm³/mol. The minimum Gasteiger partial charge on any atom is -0.462 e. The van der Waals surface area contributed by atoms with Crippen LogP contribution in [0.25, 0.3) is 0 Å². The average Bonchev–Trinajstić information content (AvgIpc) is 3.23. The molecular weight excluding hydrogens is 624 g/mol. The Balaban J connectivity index is 1.15. The number of anilines is 2. The van der Waals surface area contributed by atoms with Crippen LogP contribution in [0.5, 0.6) is 0 Å². The highest BCUT2D eigenvalue weighted by Crippen LogP contribution is 2.41. The van der Waals surface area contributed by atoms with Crippen LogP contribution in [0, 0.1) is 0 Å². The molecular formula is C39H57ClN4O4. The predicted octanol–water partition coefficient (Wildman–Crippen LogP) is 10.1. The Morgan fingerprint density at radius 1 is 0.729 bits per heavy atom. The number of aliphatic imine (C=N–C) groups is 1. The van der Waals surface area contributed by atoms with E-state index in [0.29, 0.717) is 28.5 Å². The molecule has 0 aliphatic carbocycles. The highest BCUT2D eigenvalue weighted by molar-refractivity contribution is 6.31. The fourth-order valence-corrected chi connectivity index (χ4v) is 6.62. The van der Waals surface area contributed by atoms with Crippen molar-refractivity contribution in [3.8, 4) is 0 Å². The molecule has 0 aromatic heterocycles. The summed E-state index contributed by atoms with van der Waals surface area (Å²) in [5.41, 5.74) is 2.72. The zero-order valence-corrected chi connectivity index (χ0v) is 30.2. The standard InChI is InChI=1S/C39H57ClN4O4/c1-3-4-5-6-7-8-9-10-11-12-13-14-15-16-17-22-37(45)47-29-30-48-39(46)44-35-21-19-18-20-33(35)38(43-27-25-42(2)26-28-43)41-34-31-32(40)23-24-36(34)44/h18-21,23-24,31H,3-17,22,25-30H2,1-2H3. The molecule has 8 nitrogen and oxygen atoms in total. The lowest BCUT2D eigenvalue weighted by Crippen LogP contribution is -2.47.